The van der Waals surface area contributed by atoms with Gasteiger partial charge in [0.2, 0.25) is 6.41 Å². The average molecular weight is 313 g/mol. The molecule has 1 aliphatic carbocycles. The van der Waals surface area contributed by atoms with Gasteiger partial charge in [-0.2, -0.15) is 13.2 Å². The maximum Gasteiger partial charge on any atom is 0.416 e. The molecule has 2 unspecified atom stereocenters. The van der Waals surface area contributed by atoms with Crippen LogP contribution in [0.15, 0.2) is 24.3 Å². The highest BCUT2D eigenvalue weighted by Crippen LogP contribution is 2.50. The lowest BCUT2D eigenvalue weighted by Gasteiger charge is -2.30. The molecule has 2 fully saturated rings. The molecule has 1 heterocycles. The lowest BCUT2D eigenvalue weighted by Crippen LogP contribution is -2.29. The van der Waals surface area contributed by atoms with Gasteiger partial charge in [0.15, 0.2) is 0 Å². The first-order valence-electron chi connectivity index (χ1n) is 7.30. The summed E-state index contributed by atoms with van der Waals surface area (Å²) in [7, 11) is 1.61. The smallest absolute Gasteiger partial charge is 0.374 e. The standard InChI is InChI=1S/C16H18F3NO2/c1-22-15(6-11-8-20(10-21)9-12(11)7-15)13-2-4-14(5-3-13)16(17,18)19/h2-5,10-12H,6-9H2,1H3. The molecule has 0 spiro atoms. The molecule has 1 amide bonds. The Kier molecular flexibility index (Phi) is 3.67. The van der Waals surface area contributed by atoms with E-state index in [1.165, 1.54) is 12.1 Å². The largest absolute Gasteiger partial charge is 0.416 e. The number of carbonyl (C=O) groups is 1. The highest BCUT2D eigenvalue weighted by molar-refractivity contribution is 5.48. The predicted octanol–water partition coefficient (Wildman–Crippen LogP) is 3.05. The fourth-order valence-corrected chi connectivity index (χ4v) is 3.94. The van der Waals surface area contributed by atoms with Crippen molar-refractivity contribution in [1.82, 2.24) is 4.90 Å². The molecule has 1 aromatic carbocycles. The molecule has 120 valence electrons. The lowest BCUT2D eigenvalue weighted by atomic mass is 9.89. The number of fused-ring (bicyclic) bond motifs is 1. The molecule has 6 heteroatoms. The second kappa shape index (κ2) is 5.26. The second-order valence-corrected chi connectivity index (χ2v) is 6.26. The van der Waals surface area contributed by atoms with E-state index in [4.69, 9.17) is 4.74 Å². The van der Waals surface area contributed by atoms with Crippen LogP contribution in [0.1, 0.15) is 24.0 Å². The molecule has 1 aromatic rings. The van der Waals surface area contributed by atoms with Gasteiger partial charge >= 0.3 is 6.18 Å². The van der Waals surface area contributed by atoms with Gasteiger partial charge in [0, 0.05) is 20.2 Å². The number of methoxy groups -OCH3 is 1. The van der Waals surface area contributed by atoms with Crippen molar-refractivity contribution in [2.24, 2.45) is 11.8 Å². The van der Waals surface area contributed by atoms with Gasteiger partial charge in [0.25, 0.3) is 0 Å². The summed E-state index contributed by atoms with van der Waals surface area (Å²) in [5.41, 5.74) is -0.392. The van der Waals surface area contributed by atoms with Gasteiger partial charge in [0.1, 0.15) is 0 Å². The molecular formula is C16H18F3NO2. The Hall–Kier alpha value is -1.56. The Balaban J connectivity index is 1.82. The summed E-state index contributed by atoms with van der Waals surface area (Å²) in [6, 6.07) is 5.26. The van der Waals surface area contributed by atoms with Gasteiger partial charge in [-0.3, -0.25) is 4.79 Å². The molecule has 2 atom stereocenters. The third kappa shape index (κ3) is 2.49. The van der Waals surface area contributed by atoms with Crippen molar-refractivity contribution in [1.29, 1.82) is 0 Å². The minimum Gasteiger partial charge on any atom is -0.374 e. The van der Waals surface area contributed by atoms with Crippen LogP contribution in [0.4, 0.5) is 13.2 Å². The molecule has 0 bridgehead atoms. The van der Waals surface area contributed by atoms with Crippen molar-refractivity contribution in [3.63, 3.8) is 0 Å². The number of alkyl halides is 3. The van der Waals surface area contributed by atoms with E-state index in [-0.39, 0.29) is 0 Å². The van der Waals surface area contributed by atoms with E-state index < -0.39 is 17.3 Å². The zero-order valence-corrected chi connectivity index (χ0v) is 12.3. The van der Waals surface area contributed by atoms with E-state index in [2.05, 4.69) is 0 Å². The Morgan fingerprint density at radius 3 is 2.14 bits per heavy atom. The summed E-state index contributed by atoms with van der Waals surface area (Å²) >= 11 is 0. The molecule has 2 aliphatic rings. The quantitative estimate of drug-likeness (QED) is 0.803. The monoisotopic (exact) mass is 313 g/mol. The number of benzene rings is 1. The summed E-state index contributed by atoms with van der Waals surface area (Å²) < 4.78 is 43.8. The Morgan fingerprint density at radius 1 is 1.18 bits per heavy atom. The molecule has 1 aliphatic heterocycles. The van der Waals surface area contributed by atoms with Crippen LogP contribution in [0.5, 0.6) is 0 Å². The zero-order valence-electron chi connectivity index (χ0n) is 12.3. The van der Waals surface area contributed by atoms with Crippen LogP contribution in [0.2, 0.25) is 0 Å². The highest BCUT2D eigenvalue weighted by atomic mass is 19.4. The topological polar surface area (TPSA) is 29.5 Å². The first kappa shape index (κ1) is 15.3. The maximum absolute atomic E-state index is 12.7. The van der Waals surface area contributed by atoms with E-state index in [9.17, 15) is 18.0 Å². The minimum atomic E-state index is -4.32. The first-order chi connectivity index (χ1) is 10.4. The van der Waals surface area contributed by atoms with Crippen molar-refractivity contribution in [3.8, 4) is 0 Å². The van der Waals surface area contributed by atoms with Crippen molar-refractivity contribution in [2.75, 3.05) is 20.2 Å². The van der Waals surface area contributed by atoms with Gasteiger partial charge in [-0.1, -0.05) is 12.1 Å². The molecular weight excluding hydrogens is 295 g/mol. The Morgan fingerprint density at radius 2 is 1.73 bits per heavy atom. The van der Waals surface area contributed by atoms with E-state index in [0.717, 1.165) is 36.9 Å². The third-order valence-corrected chi connectivity index (χ3v) is 5.07. The lowest BCUT2D eigenvalue weighted by molar-refractivity contribution is -0.137. The van der Waals surface area contributed by atoms with Crippen LogP contribution >= 0.6 is 0 Å². The summed E-state index contributed by atoms with van der Waals surface area (Å²) in [6.07, 6.45) is -1.98. The number of carbonyl (C=O) groups excluding carboxylic acids is 1. The summed E-state index contributed by atoms with van der Waals surface area (Å²) in [4.78, 5) is 12.6. The average Bonchev–Trinajstić information content (AvgIpc) is 3.02. The fraction of sp³-hybridized carbons (Fsp3) is 0.562. The molecule has 1 saturated heterocycles. The van der Waals surface area contributed by atoms with Crippen molar-refractivity contribution < 1.29 is 22.7 Å². The van der Waals surface area contributed by atoms with Crippen LogP contribution < -0.4 is 0 Å². The molecule has 22 heavy (non-hydrogen) atoms. The Labute approximate surface area is 127 Å². The number of amides is 1. The fourth-order valence-electron chi connectivity index (χ4n) is 3.94. The van der Waals surface area contributed by atoms with Gasteiger partial charge in [0.05, 0.1) is 11.2 Å². The molecule has 0 radical (unpaired) electrons. The third-order valence-electron chi connectivity index (χ3n) is 5.07. The van der Waals surface area contributed by atoms with Crippen molar-refractivity contribution in [3.05, 3.63) is 35.4 Å². The normalized spacial score (nSPS) is 31.4. The van der Waals surface area contributed by atoms with Gasteiger partial charge in [-0.05, 0) is 42.4 Å². The van der Waals surface area contributed by atoms with Crippen LogP contribution in [0, 0.1) is 11.8 Å². The molecule has 3 rings (SSSR count). The van der Waals surface area contributed by atoms with Crippen LogP contribution in [0.3, 0.4) is 0 Å². The van der Waals surface area contributed by atoms with E-state index in [1.807, 2.05) is 0 Å². The summed E-state index contributed by atoms with van der Waals surface area (Å²) in [5, 5.41) is 0. The number of likely N-dealkylation sites (tertiary alicyclic amines) is 1. The Bertz CT molecular complexity index is 542. The number of halogens is 3. The number of hydrogen-bond acceptors (Lipinski definition) is 2. The van der Waals surface area contributed by atoms with Crippen molar-refractivity contribution in [2.45, 2.75) is 24.6 Å². The molecule has 0 N–H and O–H groups in total. The van der Waals surface area contributed by atoms with E-state index in [1.54, 1.807) is 12.0 Å². The number of nitrogens with zero attached hydrogens (tertiary/aromatic N) is 1. The maximum atomic E-state index is 12.7. The number of ether oxygens (including phenoxy) is 1. The van der Waals surface area contributed by atoms with Gasteiger partial charge < -0.3 is 9.64 Å². The number of rotatable bonds is 3. The predicted molar refractivity (Wildman–Crippen MR) is 74.0 cm³/mol. The number of hydrogen-bond donors (Lipinski definition) is 0. The summed E-state index contributed by atoms with van der Waals surface area (Å²) in [5.74, 6) is 0.708. The van der Waals surface area contributed by atoms with Gasteiger partial charge in [-0.15, -0.1) is 0 Å². The first-order valence-corrected chi connectivity index (χ1v) is 7.30. The molecule has 0 aromatic heterocycles. The highest BCUT2D eigenvalue weighted by Gasteiger charge is 2.50. The molecule has 1 saturated carbocycles. The second-order valence-electron chi connectivity index (χ2n) is 6.26. The summed E-state index contributed by atoms with van der Waals surface area (Å²) in [6.45, 7) is 1.42. The van der Waals surface area contributed by atoms with Crippen LogP contribution in [0.25, 0.3) is 0 Å². The van der Waals surface area contributed by atoms with E-state index in [0.29, 0.717) is 24.9 Å². The minimum absolute atomic E-state index is 0.354. The van der Waals surface area contributed by atoms with Crippen LogP contribution in [-0.4, -0.2) is 31.5 Å². The van der Waals surface area contributed by atoms with Gasteiger partial charge in [-0.25, -0.2) is 0 Å². The zero-order chi connectivity index (χ0) is 16.0. The van der Waals surface area contributed by atoms with Crippen molar-refractivity contribution >= 4 is 6.41 Å². The SMILES string of the molecule is COC1(c2ccc(C(F)(F)F)cc2)CC2CN(C=O)CC2C1. The van der Waals surface area contributed by atoms with E-state index >= 15 is 0 Å². The van der Waals surface area contributed by atoms with Crippen LogP contribution in [-0.2, 0) is 21.3 Å². The molecule has 3 nitrogen and oxygen atoms in total.